The molecule has 0 aliphatic rings. The summed E-state index contributed by atoms with van der Waals surface area (Å²) in [7, 11) is 0. The summed E-state index contributed by atoms with van der Waals surface area (Å²) in [5.74, 6) is 1.04. The van der Waals surface area contributed by atoms with Gasteiger partial charge in [0.1, 0.15) is 17.3 Å². The van der Waals surface area contributed by atoms with E-state index in [9.17, 15) is 4.79 Å². The molecule has 0 saturated carbocycles. The number of ether oxygens (including phenoxy) is 1. The van der Waals surface area contributed by atoms with Gasteiger partial charge in [0.25, 0.3) is 0 Å². The van der Waals surface area contributed by atoms with E-state index in [2.05, 4.69) is 20.1 Å². The number of pyridine rings is 3. The molecule has 0 fully saturated rings. The first-order chi connectivity index (χ1) is 14.1. The third-order valence-electron chi connectivity index (χ3n) is 4.30. The van der Waals surface area contributed by atoms with Gasteiger partial charge in [-0.05, 0) is 36.8 Å². The zero-order valence-corrected chi connectivity index (χ0v) is 15.8. The molecule has 4 rings (SSSR count). The predicted octanol–water partition coefficient (Wildman–Crippen LogP) is 2.79. The van der Waals surface area contributed by atoms with Crippen molar-refractivity contribution in [3.63, 3.8) is 0 Å². The first kappa shape index (κ1) is 18.4. The minimum absolute atomic E-state index is 0.299. The van der Waals surface area contributed by atoms with Gasteiger partial charge in [-0.3, -0.25) is 9.97 Å². The molecule has 4 aromatic heterocycles. The van der Waals surface area contributed by atoms with Crippen LogP contribution >= 0.6 is 0 Å². The number of hydrogen-bond donors (Lipinski definition) is 1. The van der Waals surface area contributed by atoms with Crippen LogP contribution in [0.5, 0.6) is 5.75 Å². The average molecular weight is 389 g/mol. The van der Waals surface area contributed by atoms with Crippen LogP contribution in [0.2, 0.25) is 0 Å². The van der Waals surface area contributed by atoms with Gasteiger partial charge >= 0.3 is 6.09 Å². The number of fused-ring (bicyclic) bond motifs is 1. The molecule has 9 heteroatoms. The maximum Gasteiger partial charge on any atom is 0.415 e. The van der Waals surface area contributed by atoms with Gasteiger partial charge in [0.15, 0.2) is 5.65 Å². The summed E-state index contributed by atoms with van der Waals surface area (Å²) in [4.78, 5) is 26.9. The number of rotatable bonds is 5. The smallest absolute Gasteiger partial charge is 0.410 e. The molecule has 0 aliphatic heterocycles. The Balaban J connectivity index is 1.56. The molecule has 0 saturated heterocycles. The topological polar surface area (TPSA) is 112 Å². The highest BCUT2D eigenvalue weighted by Gasteiger charge is 2.17. The standard InChI is InChI=1S/C20H19N7O2/c1-2-26(13-14-6-9-22-10-7-14)20(28)29-15-11-17(21)27-18(12-15)24-19(25-27)16-5-3-4-8-23-16/h3-12H,2,13,21H2,1H3. The minimum Gasteiger partial charge on any atom is -0.410 e. The first-order valence-corrected chi connectivity index (χ1v) is 9.07. The minimum atomic E-state index is -0.475. The van der Waals surface area contributed by atoms with Crippen LogP contribution in [0, 0.1) is 0 Å². The van der Waals surface area contributed by atoms with Crippen molar-refractivity contribution in [3.05, 3.63) is 66.6 Å². The molecule has 0 atom stereocenters. The lowest BCUT2D eigenvalue weighted by Crippen LogP contribution is -2.32. The van der Waals surface area contributed by atoms with E-state index in [1.54, 1.807) is 35.6 Å². The number of nitrogens with two attached hydrogens (primary N) is 1. The van der Waals surface area contributed by atoms with Crippen LogP contribution in [0.25, 0.3) is 17.2 Å². The summed E-state index contributed by atoms with van der Waals surface area (Å²) in [5, 5.41) is 4.37. The number of nitrogens with zero attached hydrogens (tertiary/aromatic N) is 6. The quantitative estimate of drug-likeness (QED) is 0.558. The second-order valence-electron chi connectivity index (χ2n) is 6.27. The maximum atomic E-state index is 12.6. The molecule has 1 amide bonds. The predicted molar refractivity (Wildman–Crippen MR) is 107 cm³/mol. The van der Waals surface area contributed by atoms with Gasteiger partial charge < -0.3 is 15.4 Å². The fourth-order valence-electron chi connectivity index (χ4n) is 2.83. The van der Waals surface area contributed by atoms with E-state index < -0.39 is 6.09 Å². The lowest BCUT2D eigenvalue weighted by atomic mass is 10.2. The molecular formula is C20H19N7O2. The zero-order valence-electron chi connectivity index (χ0n) is 15.8. The lowest BCUT2D eigenvalue weighted by molar-refractivity contribution is 0.152. The Bertz CT molecular complexity index is 1130. The summed E-state index contributed by atoms with van der Waals surface area (Å²) < 4.78 is 7.02. The second-order valence-corrected chi connectivity index (χ2v) is 6.27. The number of carbonyl (C=O) groups is 1. The summed E-state index contributed by atoms with van der Waals surface area (Å²) in [6, 6.07) is 12.4. The highest BCUT2D eigenvalue weighted by atomic mass is 16.6. The Morgan fingerprint density at radius 2 is 2.00 bits per heavy atom. The number of hydrogen-bond acceptors (Lipinski definition) is 7. The molecule has 9 nitrogen and oxygen atoms in total. The molecule has 0 spiro atoms. The molecule has 0 aromatic carbocycles. The molecule has 4 heterocycles. The van der Waals surface area contributed by atoms with Crippen LogP contribution in [0.1, 0.15) is 12.5 Å². The third-order valence-corrected chi connectivity index (χ3v) is 4.30. The Hall–Kier alpha value is -4.01. The normalized spacial score (nSPS) is 10.8. The Morgan fingerprint density at radius 1 is 1.17 bits per heavy atom. The van der Waals surface area contributed by atoms with Crippen molar-refractivity contribution >= 4 is 17.6 Å². The molecule has 0 aliphatic carbocycles. The molecule has 0 radical (unpaired) electrons. The Labute approximate surface area is 166 Å². The van der Waals surface area contributed by atoms with Gasteiger partial charge in [-0.25, -0.2) is 9.78 Å². The molecule has 0 unspecified atom stereocenters. The van der Waals surface area contributed by atoms with Gasteiger partial charge in [-0.1, -0.05) is 6.07 Å². The van der Waals surface area contributed by atoms with Crippen molar-refractivity contribution in [2.24, 2.45) is 0 Å². The molecule has 0 bridgehead atoms. The van der Waals surface area contributed by atoms with Gasteiger partial charge in [-0.2, -0.15) is 4.52 Å². The molecule has 146 valence electrons. The molecule has 29 heavy (non-hydrogen) atoms. The first-order valence-electron chi connectivity index (χ1n) is 9.07. The van der Waals surface area contributed by atoms with Crippen molar-refractivity contribution in [2.45, 2.75) is 13.5 Å². The largest absolute Gasteiger partial charge is 0.415 e. The number of nitrogen functional groups attached to an aromatic ring is 1. The van der Waals surface area contributed by atoms with Crippen LogP contribution in [0.4, 0.5) is 10.6 Å². The Kier molecular flexibility index (Phi) is 5.02. The zero-order chi connectivity index (χ0) is 20.2. The van der Waals surface area contributed by atoms with Gasteiger partial charge in [0, 0.05) is 43.8 Å². The number of aromatic nitrogens is 5. The number of anilines is 1. The molecule has 4 aromatic rings. The van der Waals surface area contributed by atoms with Crippen LogP contribution in [0.3, 0.4) is 0 Å². The summed E-state index contributed by atoms with van der Waals surface area (Å²) >= 11 is 0. The average Bonchev–Trinajstić information content (AvgIpc) is 3.18. The van der Waals surface area contributed by atoms with Crippen LogP contribution in [-0.4, -0.2) is 42.1 Å². The summed E-state index contributed by atoms with van der Waals surface area (Å²) in [5.41, 5.74) is 8.14. The Morgan fingerprint density at radius 3 is 2.72 bits per heavy atom. The van der Waals surface area contributed by atoms with Crippen LogP contribution in [0.15, 0.2) is 61.1 Å². The summed E-state index contributed by atoms with van der Waals surface area (Å²) in [6.07, 6.45) is 4.57. The van der Waals surface area contributed by atoms with E-state index in [0.29, 0.717) is 41.8 Å². The maximum absolute atomic E-state index is 12.6. The molecular weight excluding hydrogens is 370 g/mol. The molecule has 2 N–H and O–H groups in total. The number of amides is 1. The van der Waals surface area contributed by atoms with E-state index in [0.717, 1.165) is 5.56 Å². The highest BCUT2D eigenvalue weighted by molar-refractivity contribution is 5.72. The van der Waals surface area contributed by atoms with Crippen molar-refractivity contribution in [1.82, 2.24) is 29.5 Å². The second kappa shape index (κ2) is 7.93. The van der Waals surface area contributed by atoms with E-state index in [1.807, 2.05) is 37.3 Å². The van der Waals surface area contributed by atoms with Crippen molar-refractivity contribution in [3.8, 4) is 17.3 Å². The van der Waals surface area contributed by atoms with E-state index in [1.165, 1.54) is 4.52 Å². The van der Waals surface area contributed by atoms with Gasteiger partial charge in [0.05, 0.1) is 0 Å². The van der Waals surface area contributed by atoms with E-state index in [-0.39, 0.29) is 0 Å². The van der Waals surface area contributed by atoms with E-state index >= 15 is 0 Å². The van der Waals surface area contributed by atoms with E-state index in [4.69, 9.17) is 10.5 Å². The van der Waals surface area contributed by atoms with Crippen LogP contribution in [-0.2, 0) is 6.54 Å². The van der Waals surface area contributed by atoms with Gasteiger partial charge in [0.2, 0.25) is 5.82 Å². The van der Waals surface area contributed by atoms with Crippen molar-refractivity contribution in [2.75, 3.05) is 12.3 Å². The summed E-state index contributed by atoms with van der Waals surface area (Å²) in [6.45, 7) is 2.80. The highest BCUT2D eigenvalue weighted by Crippen LogP contribution is 2.22. The van der Waals surface area contributed by atoms with Crippen molar-refractivity contribution < 1.29 is 9.53 Å². The monoisotopic (exact) mass is 389 g/mol. The SMILES string of the molecule is CCN(Cc1ccncc1)C(=O)Oc1cc(N)n2nc(-c3ccccn3)nc2c1. The fraction of sp³-hybridized carbons (Fsp3) is 0.150. The third kappa shape index (κ3) is 3.98. The lowest BCUT2D eigenvalue weighted by Gasteiger charge is -2.20. The number of carbonyl (C=O) groups excluding carboxylic acids is 1. The van der Waals surface area contributed by atoms with Crippen LogP contribution < -0.4 is 10.5 Å². The van der Waals surface area contributed by atoms with Crippen molar-refractivity contribution in [1.29, 1.82) is 0 Å². The fourth-order valence-corrected chi connectivity index (χ4v) is 2.83. The van der Waals surface area contributed by atoms with Gasteiger partial charge in [-0.15, -0.1) is 5.10 Å².